The van der Waals surface area contributed by atoms with E-state index < -0.39 is 23.6 Å². The number of pyridine rings is 1. The maximum absolute atomic E-state index is 14.2. The number of benzene rings is 1. The Morgan fingerprint density at radius 1 is 1.17 bits per heavy atom. The van der Waals surface area contributed by atoms with E-state index in [-0.39, 0.29) is 36.2 Å². The summed E-state index contributed by atoms with van der Waals surface area (Å²) in [5.41, 5.74) is 0.703. The van der Waals surface area contributed by atoms with Gasteiger partial charge in [-0.25, -0.2) is 13.8 Å². The summed E-state index contributed by atoms with van der Waals surface area (Å²) >= 11 is 0. The SMILES string of the molecule is O=C(N[C@H]1CCCC[C@@H]1O)c1cc(Cc2cccc(F)c2F)c2c(n1)OCCO2. The first-order chi connectivity index (χ1) is 14.0. The van der Waals surface area contributed by atoms with Crippen LogP contribution in [0.5, 0.6) is 11.6 Å². The van der Waals surface area contributed by atoms with Crippen LogP contribution in [-0.2, 0) is 6.42 Å². The van der Waals surface area contributed by atoms with Crippen molar-refractivity contribution in [1.29, 1.82) is 0 Å². The van der Waals surface area contributed by atoms with Crippen LogP contribution in [0.1, 0.15) is 47.3 Å². The summed E-state index contributed by atoms with van der Waals surface area (Å²) in [6, 6.07) is 5.12. The number of hydrogen-bond donors (Lipinski definition) is 2. The number of halogens is 2. The molecular weight excluding hydrogens is 382 g/mol. The average Bonchev–Trinajstić information content (AvgIpc) is 2.73. The molecule has 1 amide bonds. The van der Waals surface area contributed by atoms with Crippen molar-refractivity contribution in [3.05, 3.63) is 52.7 Å². The number of aliphatic hydroxyl groups is 1. The van der Waals surface area contributed by atoms with Crippen LogP contribution in [0.15, 0.2) is 24.3 Å². The number of carbonyl (C=O) groups is 1. The van der Waals surface area contributed by atoms with Crippen molar-refractivity contribution in [2.75, 3.05) is 13.2 Å². The third-order valence-electron chi connectivity index (χ3n) is 5.28. The summed E-state index contributed by atoms with van der Waals surface area (Å²) in [5, 5.41) is 12.9. The zero-order valence-electron chi connectivity index (χ0n) is 15.8. The standard InChI is InChI=1S/C21H22F2N2O4/c22-14-5-3-4-12(18(14)23)10-13-11-16(25-21-19(13)28-8-9-29-21)20(27)24-15-6-1-2-7-17(15)26/h3-5,11,15,17,26H,1-2,6-10H2,(H,24,27)/t15-,17-/m0/s1. The predicted octanol–water partition coefficient (Wildman–Crippen LogP) is 2.76. The smallest absolute Gasteiger partial charge is 0.270 e. The van der Waals surface area contributed by atoms with Crippen molar-refractivity contribution >= 4 is 5.91 Å². The van der Waals surface area contributed by atoms with Crippen molar-refractivity contribution in [2.45, 2.75) is 44.2 Å². The number of nitrogens with one attached hydrogen (secondary N) is 1. The van der Waals surface area contributed by atoms with Crippen molar-refractivity contribution in [3.8, 4) is 11.6 Å². The first kappa shape index (κ1) is 19.6. The number of carbonyl (C=O) groups excluding carboxylic acids is 1. The highest BCUT2D eigenvalue weighted by Crippen LogP contribution is 2.34. The highest BCUT2D eigenvalue weighted by atomic mass is 19.2. The van der Waals surface area contributed by atoms with Gasteiger partial charge in [0.1, 0.15) is 18.9 Å². The van der Waals surface area contributed by atoms with E-state index in [9.17, 15) is 18.7 Å². The van der Waals surface area contributed by atoms with Gasteiger partial charge in [0.15, 0.2) is 17.4 Å². The van der Waals surface area contributed by atoms with Crippen molar-refractivity contribution in [3.63, 3.8) is 0 Å². The van der Waals surface area contributed by atoms with E-state index in [0.29, 0.717) is 30.8 Å². The lowest BCUT2D eigenvalue weighted by atomic mass is 9.92. The second-order valence-electron chi connectivity index (χ2n) is 7.32. The van der Waals surface area contributed by atoms with Gasteiger partial charge in [-0.1, -0.05) is 25.0 Å². The molecule has 1 fully saturated rings. The summed E-state index contributed by atoms with van der Waals surface area (Å²) in [6.07, 6.45) is 2.62. The first-order valence-corrected chi connectivity index (χ1v) is 9.74. The van der Waals surface area contributed by atoms with Crippen LogP contribution in [0.3, 0.4) is 0 Å². The van der Waals surface area contributed by atoms with Gasteiger partial charge in [0.05, 0.1) is 12.1 Å². The minimum absolute atomic E-state index is 0.0180. The van der Waals surface area contributed by atoms with Crippen molar-refractivity contribution < 1.29 is 28.2 Å². The summed E-state index contributed by atoms with van der Waals surface area (Å²) in [4.78, 5) is 17.0. The molecule has 2 aromatic rings. The lowest BCUT2D eigenvalue weighted by Crippen LogP contribution is -2.45. The summed E-state index contributed by atoms with van der Waals surface area (Å²) in [6.45, 7) is 0.577. The molecule has 2 N–H and O–H groups in total. The number of aliphatic hydroxyl groups excluding tert-OH is 1. The van der Waals surface area contributed by atoms with E-state index in [1.807, 2.05) is 0 Å². The van der Waals surface area contributed by atoms with E-state index in [0.717, 1.165) is 18.9 Å². The molecule has 2 atom stereocenters. The fraction of sp³-hybridized carbons (Fsp3) is 0.429. The number of aromatic nitrogens is 1. The molecule has 6 nitrogen and oxygen atoms in total. The van der Waals surface area contributed by atoms with E-state index in [1.165, 1.54) is 18.2 Å². The maximum atomic E-state index is 14.2. The Morgan fingerprint density at radius 3 is 2.79 bits per heavy atom. The first-order valence-electron chi connectivity index (χ1n) is 9.74. The Bertz CT molecular complexity index is 922. The van der Waals surface area contributed by atoms with Crippen LogP contribution >= 0.6 is 0 Å². The molecule has 0 unspecified atom stereocenters. The molecule has 1 aromatic heterocycles. The number of ether oxygens (including phenoxy) is 2. The highest BCUT2D eigenvalue weighted by Gasteiger charge is 2.27. The van der Waals surface area contributed by atoms with Crippen LogP contribution < -0.4 is 14.8 Å². The lowest BCUT2D eigenvalue weighted by Gasteiger charge is -2.28. The molecule has 2 heterocycles. The molecule has 0 bridgehead atoms. The minimum atomic E-state index is -0.939. The normalized spacial score (nSPS) is 20.9. The van der Waals surface area contributed by atoms with Crippen LogP contribution in [0.4, 0.5) is 8.78 Å². The molecule has 154 valence electrons. The summed E-state index contributed by atoms with van der Waals surface area (Å²) < 4.78 is 38.9. The molecule has 1 saturated carbocycles. The third kappa shape index (κ3) is 4.17. The summed E-state index contributed by atoms with van der Waals surface area (Å²) in [7, 11) is 0. The van der Waals surface area contributed by atoms with Gasteiger partial charge in [-0.15, -0.1) is 0 Å². The Labute approximate surface area is 166 Å². The van der Waals surface area contributed by atoms with Crippen LogP contribution in [0.25, 0.3) is 0 Å². The molecule has 2 aliphatic rings. The molecule has 0 radical (unpaired) electrons. The largest absolute Gasteiger partial charge is 0.484 e. The lowest BCUT2D eigenvalue weighted by molar-refractivity contribution is 0.0712. The van der Waals surface area contributed by atoms with E-state index in [2.05, 4.69) is 10.3 Å². The van der Waals surface area contributed by atoms with Gasteiger partial charge in [-0.2, -0.15) is 0 Å². The van der Waals surface area contributed by atoms with Gasteiger partial charge in [-0.3, -0.25) is 4.79 Å². The third-order valence-corrected chi connectivity index (χ3v) is 5.28. The second-order valence-corrected chi connectivity index (χ2v) is 7.32. The molecule has 0 saturated heterocycles. The van der Waals surface area contributed by atoms with Crippen molar-refractivity contribution in [2.24, 2.45) is 0 Å². The Hall–Kier alpha value is -2.74. The molecule has 8 heteroatoms. The number of nitrogens with zero attached hydrogens (tertiary/aromatic N) is 1. The summed E-state index contributed by atoms with van der Waals surface area (Å²) in [5.74, 6) is -1.85. The van der Waals surface area contributed by atoms with E-state index in [1.54, 1.807) is 0 Å². The molecule has 1 aromatic carbocycles. The fourth-order valence-corrected chi connectivity index (χ4v) is 3.75. The Morgan fingerprint density at radius 2 is 1.97 bits per heavy atom. The van der Waals surface area contributed by atoms with Gasteiger partial charge >= 0.3 is 0 Å². The molecule has 4 rings (SSSR count). The number of fused-ring (bicyclic) bond motifs is 1. The van der Waals surface area contributed by atoms with Crippen LogP contribution in [0, 0.1) is 11.6 Å². The van der Waals surface area contributed by atoms with Gasteiger partial charge < -0.3 is 19.9 Å². The van der Waals surface area contributed by atoms with Gasteiger partial charge in [-0.05, 0) is 30.5 Å². The minimum Gasteiger partial charge on any atom is -0.484 e. The van der Waals surface area contributed by atoms with E-state index >= 15 is 0 Å². The molecular formula is C21H22F2N2O4. The van der Waals surface area contributed by atoms with E-state index in [4.69, 9.17) is 9.47 Å². The zero-order chi connectivity index (χ0) is 20.4. The maximum Gasteiger partial charge on any atom is 0.270 e. The van der Waals surface area contributed by atoms with Crippen LogP contribution in [0.2, 0.25) is 0 Å². The van der Waals surface area contributed by atoms with Crippen LogP contribution in [-0.4, -0.2) is 41.4 Å². The number of amides is 1. The van der Waals surface area contributed by atoms with Gasteiger partial charge in [0.2, 0.25) is 0 Å². The Kier molecular flexibility index (Phi) is 5.62. The Balaban J connectivity index is 1.64. The molecule has 0 spiro atoms. The fourth-order valence-electron chi connectivity index (χ4n) is 3.75. The highest BCUT2D eigenvalue weighted by molar-refractivity contribution is 5.93. The predicted molar refractivity (Wildman–Crippen MR) is 100 cm³/mol. The van der Waals surface area contributed by atoms with Crippen molar-refractivity contribution in [1.82, 2.24) is 10.3 Å². The number of rotatable bonds is 4. The second kappa shape index (κ2) is 8.32. The average molecular weight is 404 g/mol. The quantitative estimate of drug-likeness (QED) is 0.819. The molecule has 1 aliphatic heterocycles. The number of hydrogen-bond acceptors (Lipinski definition) is 5. The molecule has 1 aliphatic carbocycles. The van der Waals surface area contributed by atoms with Gasteiger partial charge in [0, 0.05) is 12.0 Å². The monoisotopic (exact) mass is 404 g/mol. The topological polar surface area (TPSA) is 80.7 Å². The van der Waals surface area contributed by atoms with Gasteiger partial charge in [0.25, 0.3) is 11.8 Å². The molecule has 29 heavy (non-hydrogen) atoms. The zero-order valence-corrected chi connectivity index (χ0v) is 15.8.